The third kappa shape index (κ3) is 6.09. The number of halogens is 1. The lowest BCUT2D eigenvalue weighted by atomic mass is 10.1. The van der Waals surface area contributed by atoms with E-state index in [4.69, 9.17) is 21.1 Å². The average Bonchev–Trinajstić information content (AvgIpc) is 2.92. The molecular formula is C29H22ClN3O5. The lowest BCUT2D eigenvalue weighted by Crippen LogP contribution is -2.14. The van der Waals surface area contributed by atoms with E-state index in [2.05, 4.69) is 5.32 Å². The zero-order chi connectivity index (χ0) is 27.1. The largest absolute Gasteiger partial charge is 0.490 e. The Labute approximate surface area is 223 Å². The van der Waals surface area contributed by atoms with Crippen LogP contribution in [0, 0.1) is 21.4 Å². The molecule has 0 aliphatic rings. The van der Waals surface area contributed by atoms with Crippen molar-refractivity contribution in [1.29, 1.82) is 5.26 Å². The van der Waals surface area contributed by atoms with E-state index in [1.165, 1.54) is 18.2 Å². The van der Waals surface area contributed by atoms with Gasteiger partial charge in [-0.15, -0.1) is 0 Å². The molecule has 4 aromatic carbocycles. The van der Waals surface area contributed by atoms with E-state index in [0.717, 1.165) is 22.4 Å². The van der Waals surface area contributed by atoms with Gasteiger partial charge in [-0.2, -0.15) is 5.26 Å². The van der Waals surface area contributed by atoms with Gasteiger partial charge in [0.1, 0.15) is 18.2 Å². The minimum atomic E-state index is -0.760. The van der Waals surface area contributed by atoms with Crippen LogP contribution >= 0.6 is 11.6 Å². The molecule has 190 valence electrons. The molecule has 0 bridgehead atoms. The minimum Gasteiger partial charge on any atom is -0.490 e. The second-order valence-corrected chi connectivity index (χ2v) is 8.52. The number of non-ortho nitro benzene ring substituents is 1. The first-order valence-electron chi connectivity index (χ1n) is 11.6. The number of nitro benzene ring substituents is 1. The molecule has 0 saturated heterocycles. The molecule has 1 amide bonds. The highest BCUT2D eigenvalue weighted by atomic mass is 35.5. The summed E-state index contributed by atoms with van der Waals surface area (Å²) in [6.45, 7) is 2.55. The second kappa shape index (κ2) is 11.9. The Kier molecular flexibility index (Phi) is 8.21. The normalized spacial score (nSPS) is 11.0. The van der Waals surface area contributed by atoms with Crippen LogP contribution in [-0.2, 0) is 11.4 Å². The van der Waals surface area contributed by atoms with Crippen molar-refractivity contribution < 1.29 is 19.2 Å². The molecule has 0 aromatic heterocycles. The molecule has 0 unspecified atom stereocenters. The molecule has 8 nitrogen and oxygen atoms in total. The van der Waals surface area contributed by atoms with Crippen LogP contribution in [0.1, 0.15) is 18.1 Å². The highest BCUT2D eigenvalue weighted by Gasteiger charge is 2.16. The number of carbonyl (C=O) groups is 1. The lowest BCUT2D eigenvalue weighted by Gasteiger charge is -2.14. The third-order valence-electron chi connectivity index (χ3n) is 5.62. The van der Waals surface area contributed by atoms with Crippen LogP contribution in [0.4, 0.5) is 11.4 Å². The molecule has 0 saturated carbocycles. The highest BCUT2D eigenvalue weighted by Crippen LogP contribution is 2.31. The summed E-state index contributed by atoms with van der Waals surface area (Å²) in [6.07, 6.45) is 1.39. The Morgan fingerprint density at radius 2 is 1.84 bits per heavy atom. The summed E-state index contributed by atoms with van der Waals surface area (Å²) in [6, 6.07) is 24.7. The van der Waals surface area contributed by atoms with Gasteiger partial charge in [-0.05, 0) is 53.1 Å². The molecular weight excluding hydrogens is 506 g/mol. The molecule has 0 spiro atoms. The fraction of sp³-hybridized carbons (Fsp3) is 0.103. The maximum Gasteiger partial charge on any atom is 0.271 e. The summed E-state index contributed by atoms with van der Waals surface area (Å²) in [5.41, 5.74) is 1.12. The maximum atomic E-state index is 12.7. The number of benzene rings is 4. The van der Waals surface area contributed by atoms with Gasteiger partial charge in [0, 0.05) is 12.1 Å². The molecule has 9 heteroatoms. The van der Waals surface area contributed by atoms with Gasteiger partial charge in [0.15, 0.2) is 11.5 Å². The number of nitriles is 1. The number of fused-ring (bicyclic) bond motifs is 1. The molecule has 0 aliphatic carbocycles. The van der Waals surface area contributed by atoms with E-state index in [9.17, 15) is 20.2 Å². The number of amides is 1. The van der Waals surface area contributed by atoms with Crippen molar-refractivity contribution in [3.05, 3.63) is 111 Å². The molecule has 0 aliphatic heterocycles. The minimum absolute atomic E-state index is 0.0270. The van der Waals surface area contributed by atoms with Crippen LogP contribution in [0.25, 0.3) is 16.8 Å². The molecule has 0 radical (unpaired) electrons. The van der Waals surface area contributed by atoms with Gasteiger partial charge in [-0.1, -0.05) is 60.1 Å². The number of anilines is 1. The maximum absolute atomic E-state index is 12.7. The van der Waals surface area contributed by atoms with Crippen molar-refractivity contribution >= 4 is 45.7 Å². The van der Waals surface area contributed by atoms with E-state index < -0.39 is 10.8 Å². The summed E-state index contributed by atoms with van der Waals surface area (Å²) in [5, 5.41) is 25.4. The quantitative estimate of drug-likeness (QED) is 0.109. The molecule has 4 aromatic rings. The van der Waals surface area contributed by atoms with Crippen molar-refractivity contribution in [2.45, 2.75) is 13.5 Å². The first kappa shape index (κ1) is 26.2. The second-order valence-electron chi connectivity index (χ2n) is 8.11. The predicted octanol–water partition coefficient (Wildman–Crippen LogP) is 6.92. The summed E-state index contributed by atoms with van der Waals surface area (Å²) in [7, 11) is 0. The number of hydrogen-bond donors (Lipinski definition) is 1. The molecule has 0 heterocycles. The van der Waals surface area contributed by atoms with Gasteiger partial charge < -0.3 is 14.8 Å². The molecule has 38 heavy (non-hydrogen) atoms. The lowest BCUT2D eigenvalue weighted by molar-refractivity contribution is -0.384. The summed E-state index contributed by atoms with van der Waals surface area (Å²) < 4.78 is 11.8. The monoisotopic (exact) mass is 527 g/mol. The standard InChI is InChI=1S/C29H22ClN3O5/c1-2-37-28-15-19(10-13-27(28)38-18-21-8-5-7-20-6-3-4-9-24(20)21)14-22(17-31)29(34)32-26-16-23(33(35)36)11-12-25(26)30/h3-16H,2,18H2,1H3,(H,32,34)/b22-14+. The Morgan fingerprint density at radius 3 is 2.61 bits per heavy atom. The molecule has 0 fully saturated rings. The SMILES string of the molecule is CCOc1cc(/C=C(\C#N)C(=O)Nc2cc([N+](=O)[O-])ccc2Cl)ccc1OCc1cccc2ccccc12. The zero-order valence-electron chi connectivity index (χ0n) is 20.3. The number of carbonyl (C=O) groups excluding carboxylic acids is 1. The van der Waals surface area contributed by atoms with Gasteiger partial charge in [0.25, 0.3) is 11.6 Å². The Morgan fingerprint density at radius 1 is 1.05 bits per heavy atom. The van der Waals surface area contributed by atoms with Crippen LogP contribution < -0.4 is 14.8 Å². The zero-order valence-corrected chi connectivity index (χ0v) is 21.1. The fourth-order valence-electron chi connectivity index (χ4n) is 3.80. The van der Waals surface area contributed by atoms with E-state index >= 15 is 0 Å². The van der Waals surface area contributed by atoms with Crippen molar-refractivity contribution in [2.75, 3.05) is 11.9 Å². The number of nitro groups is 1. The smallest absolute Gasteiger partial charge is 0.271 e. The van der Waals surface area contributed by atoms with Crippen molar-refractivity contribution in [1.82, 2.24) is 0 Å². The first-order chi connectivity index (χ1) is 18.4. The number of hydrogen-bond acceptors (Lipinski definition) is 6. The predicted molar refractivity (Wildman–Crippen MR) is 146 cm³/mol. The van der Waals surface area contributed by atoms with Gasteiger partial charge in [-0.3, -0.25) is 14.9 Å². The molecule has 1 N–H and O–H groups in total. The van der Waals surface area contributed by atoms with E-state index in [1.54, 1.807) is 18.2 Å². The molecule has 4 rings (SSSR count). The van der Waals surface area contributed by atoms with Crippen LogP contribution in [0.3, 0.4) is 0 Å². The number of ether oxygens (including phenoxy) is 2. The average molecular weight is 528 g/mol. The van der Waals surface area contributed by atoms with Crippen LogP contribution in [0.15, 0.2) is 84.4 Å². The van der Waals surface area contributed by atoms with Crippen LogP contribution in [0.5, 0.6) is 11.5 Å². The van der Waals surface area contributed by atoms with Crippen LogP contribution in [-0.4, -0.2) is 17.4 Å². The molecule has 0 atom stereocenters. The van der Waals surface area contributed by atoms with Gasteiger partial charge in [-0.25, -0.2) is 0 Å². The number of rotatable bonds is 9. The third-order valence-corrected chi connectivity index (χ3v) is 5.95. The van der Waals surface area contributed by atoms with E-state index in [1.807, 2.05) is 55.5 Å². The van der Waals surface area contributed by atoms with Crippen LogP contribution in [0.2, 0.25) is 5.02 Å². The summed E-state index contributed by atoms with van der Waals surface area (Å²) in [5.74, 6) is 0.216. The Bertz CT molecular complexity index is 1590. The number of nitrogens with zero attached hydrogens (tertiary/aromatic N) is 2. The van der Waals surface area contributed by atoms with Crippen molar-refractivity contribution in [3.8, 4) is 17.6 Å². The summed E-state index contributed by atoms with van der Waals surface area (Å²) in [4.78, 5) is 23.2. The van der Waals surface area contributed by atoms with Gasteiger partial charge in [0.05, 0.1) is 22.2 Å². The van der Waals surface area contributed by atoms with Gasteiger partial charge >= 0.3 is 0 Å². The highest BCUT2D eigenvalue weighted by molar-refractivity contribution is 6.34. The Balaban J connectivity index is 1.55. The Hall–Kier alpha value is -4.87. The van der Waals surface area contributed by atoms with Crippen molar-refractivity contribution in [3.63, 3.8) is 0 Å². The topological polar surface area (TPSA) is 114 Å². The van der Waals surface area contributed by atoms with E-state index in [-0.39, 0.29) is 22.0 Å². The van der Waals surface area contributed by atoms with Gasteiger partial charge in [0.2, 0.25) is 0 Å². The van der Waals surface area contributed by atoms with Crippen molar-refractivity contribution in [2.24, 2.45) is 0 Å². The van der Waals surface area contributed by atoms with E-state index in [0.29, 0.717) is 30.3 Å². The number of nitrogens with one attached hydrogen (secondary N) is 1. The first-order valence-corrected chi connectivity index (χ1v) is 12.0. The fourth-order valence-corrected chi connectivity index (χ4v) is 3.97. The summed E-state index contributed by atoms with van der Waals surface area (Å²) >= 11 is 6.06.